The van der Waals surface area contributed by atoms with Crippen LogP contribution in [0.25, 0.3) is 0 Å². The lowest BCUT2D eigenvalue weighted by Gasteiger charge is -2.14. The molecule has 0 aromatic heterocycles. The fourth-order valence-corrected chi connectivity index (χ4v) is 2.52. The molecule has 1 aromatic carbocycles. The molecule has 2 unspecified atom stereocenters. The van der Waals surface area contributed by atoms with Gasteiger partial charge in [0, 0.05) is 6.04 Å². The first-order valence-electron chi connectivity index (χ1n) is 6.80. The number of ether oxygens (including phenoxy) is 1. The van der Waals surface area contributed by atoms with Crippen LogP contribution in [0.3, 0.4) is 0 Å². The normalized spacial score (nSPS) is 23.9. The van der Waals surface area contributed by atoms with E-state index in [4.69, 9.17) is 4.74 Å². The molecule has 0 spiro atoms. The Hall–Kier alpha value is -1.02. The molecule has 1 saturated carbocycles. The van der Waals surface area contributed by atoms with Crippen molar-refractivity contribution < 1.29 is 4.74 Å². The van der Waals surface area contributed by atoms with Crippen molar-refractivity contribution in [3.05, 3.63) is 29.8 Å². The zero-order valence-corrected chi connectivity index (χ0v) is 10.9. The molecule has 2 heteroatoms. The van der Waals surface area contributed by atoms with Gasteiger partial charge in [-0.15, -0.1) is 0 Å². The van der Waals surface area contributed by atoms with Crippen molar-refractivity contribution >= 4 is 0 Å². The van der Waals surface area contributed by atoms with E-state index < -0.39 is 0 Å². The van der Waals surface area contributed by atoms with Crippen molar-refractivity contribution in [1.82, 2.24) is 5.32 Å². The lowest BCUT2D eigenvalue weighted by Crippen LogP contribution is -2.27. The Bertz CT molecular complexity index is 333. The highest BCUT2D eigenvalue weighted by Crippen LogP contribution is 2.24. The predicted octanol–water partition coefficient (Wildman–Crippen LogP) is 3.16. The van der Waals surface area contributed by atoms with Gasteiger partial charge in [0.05, 0.1) is 0 Å². The van der Waals surface area contributed by atoms with Crippen LogP contribution in [0.4, 0.5) is 0 Å². The Balaban J connectivity index is 1.84. The number of benzene rings is 1. The summed E-state index contributed by atoms with van der Waals surface area (Å²) in [4.78, 5) is 0. The maximum Gasteiger partial charge on any atom is 0.119 e. The monoisotopic (exact) mass is 233 g/mol. The van der Waals surface area contributed by atoms with Gasteiger partial charge in [-0.25, -0.2) is 0 Å². The van der Waals surface area contributed by atoms with Crippen LogP contribution in [-0.4, -0.2) is 18.7 Å². The summed E-state index contributed by atoms with van der Waals surface area (Å²) in [5, 5.41) is 3.50. The summed E-state index contributed by atoms with van der Waals surface area (Å²) in [6.07, 6.45) is 5.04. The largest absolute Gasteiger partial charge is 0.490 e. The van der Waals surface area contributed by atoms with Crippen molar-refractivity contribution in [2.45, 2.75) is 51.7 Å². The van der Waals surface area contributed by atoms with Crippen molar-refractivity contribution in [3.8, 4) is 5.75 Å². The number of aryl methyl sites for hydroxylation is 1. The fraction of sp³-hybridized carbons (Fsp3) is 0.600. The van der Waals surface area contributed by atoms with Gasteiger partial charge in [-0.3, -0.25) is 0 Å². The first kappa shape index (κ1) is 12.4. The van der Waals surface area contributed by atoms with E-state index in [9.17, 15) is 0 Å². The minimum atomic E-state index is 0.395. The average molecular weight is 233 g/mol. The third-order valence-electron chi connectivity index (χ3n) is 3.51. The van der Waals surface area contributed by atoms with Gasteiger partial charge in [-0.1, -0.05) is 26.0 Å². The van der Waals surface area contributed by atoms with E-state index in [0.717, 1.165) is 25.1 Å². The molecule has 0 radical (unpaired) electrons. The molecule has 2 atom stereocenters. The molecule has 1 aromatic rings. The van der Waals surface area contributed by atoms with Crippen LogP contribution >= 0.6 is 0 Å². The number of nitrogens with one attached hydrogen (secondary N) is 1. The number of rotatable bonds is 5. The van der Waals surface area contributed by atoms with Crippen LogP contribution < -0.4 is 10.1 Å². The lowest BCUT2D eigenvalue weighted by atomic mass is 10.2. The Labute approximate surface area is 104 Å². The topological polar surface area (TPSA) is 21.3 Å². The second-order valence-corrected chi connectivity index (χ2v) is 4.81. The quantitative estimate of drug-likeness (QED) is 0.843. The van der Waals surface area contributed by atoms with Crippen molar-refractivity contribution in [1.29, 1.82) is 0 Å². The molecule has 0 saturated heterocycles. The minimum absolute atomic E-state index is 0.395. The van der Waals surface area contributed by atoms with E-state index in [2.05, 4.69) is 43.4 Å². The molecule has 1 aliphatic carbocycles. The van der Waals surface area contributed by atoms with Crippen molar-refractivity contribution in [2.75, 3.05) is 6.54 Å². The van der Waals surface area contributed by atoms with Gasteiger partial charge >= 0.3 is 0 Å². The smallest absolute Gasteiger partial charge is 0.119 e. The van der Waals surface area contributed by atoms with E-state index in [1.807, 2.05) is 0 Å². The molecular weight excluding hydrogens is 210 g/mol. The maximum absolute atomic E-state index is 6.01. The molecule has 0 bridgehead atoms. The molecule has 2 nitrogen and oxygen atoms in total. The Morgan fingerprint density at radius 3 is 2.59 bits per heavy atom. The van der Waals surface area contributed by atoms with Gasteiger partial charge in [0.2, 0.25) is 0 Å². The standard InChI is InChI=1S/C15H23NO/c1-3-12-5-8-14(9-6-12)17-15-10-7-13(11-15)16-4-2/h5-6,8-9,13,15-16H,3-4,7,10-11H2,1-2H3. The van der Waals surface area contributed by atoms with Gasteiger partial charge in [0.1, 0.15) is 11.9 Å². The third kappa shape index (κ3) is 3.47. The summed E-state index contributed by atoms with van der Waals surface area (Å²) in [6, 6.07) is 9.16. The Morgan fingerprint density at radius 1 is 1.18 bits per heavy atom. The second kappa shape index (κ2) is 6.06. The van der Waals surface area contributed by atoms with E-state index in [0.29, 0.717) is 12.1 Å². The maximum atomic E-state index is 6.01. The highest BCUT2D eigenvalue weighted by molar-refractivity contribution is 5.27. The summed E-state index contributed by atoms with van der Waals surface area (Å²) in [6.45, 7) is 5.40. The summed E-state index contributed by atoms with van der Waals surface area (Å²) in [5.74, 6) is 1.02. The highest BCUT2D eigenvalue weighted by Gasteiger charge is 2.25. The zero-order chi connectivity index (χ0) is 12.1. The van der Waals surface area contributed by atoms with Gasteiger partial charge in [0.15, 0.2) is 0 Å². The predicted molar refractivity (Wildman–Crippen MR) is 71.6 cm³/mol. The average Bonchev–Trinajstić information content (AvgIpc) is 2.78. The molecule has 94 valence electrons. The van der Waals surface area contributed by atoms with E-state index in [-0.39, 0.29) is 0 Å². The molecule has 1 aliphatic rings. The van der Waals surface area contributed by atoms with Crippen molar-refractivity contribution in [3.63, 3.8) is 0 Å². The molecule has 0 aliphatic heterocycles. The lowest BCUT2D eigenvalue weighted by molar-refractivity contribution is 0.206. The summed E-state index contributed by atoms with van der Waals surface area (Å²) in [7, 11) is 0. The summed E-state index contributed by atoms with van der Waals surface area (Å²) in [5.41, 5.74) is 1.37. The van der Waals surface area contributed by atoms with Crippen LogP contribution in [0.2, 0.25) is 0 Å². The van der Waals surface area contributed by atoms with Gasteiger partial charge < -0.3 is 10.1 Å². The molecule has 17 heavy (non-hydrogen) atoms. The molecule has 1 N–H and O–H groups in total. The van der Waals surface area contributed by atoms with Crippen LogP contribution in [-0.2, 0) is 6.42 Å². The van der Waals surface area contributed by atoms with Gasteiger partial charge in [-0.2, -0.15) is 0 Å². The zero-order valence-electron chi connectivity index (χ0n) is 10.9. The van der Waals surface area contributed by atoms with Gasteiger partial charge in [-0.05, 0) is 49.9 Å². The first-order chi connectivity index (χ1) is 8.31. The van der Waals surface area contributed by atoms with Crippen LogP contribution in [0, 0.1) is 0 Å². The van der Waals surface area contributed by atoms with Crippen LogP contribution in [0.15, 0.2) is 24.3 Å². The summed E-state index contributed by atoms with van der Waals surface area (Å²) >= 11 is 0. The highest BCUT2D eigenvalue weighted by atomic mass is 16.5. The van der Waals surface area contributed by atoms with Crippen LogP contribution in [0.1, 0.15) is 38.7 Å². The van der Waals surface area contributed by atoms with Crippen LogP contribution in [0.5, 0.6) is 5.75 Å². The number of hydrogen-bond donors (Lipinski definition) is 1. The molecular formula is C15H23NO. The SMILES string of the molecule is CCNC1CCC(Oc2ccc(CC)cc2)C1. The Kier molecular flexibility index (Phi) is 4.43. The third-order valence-corrected chi connectivity index (χ3v) is 3.51. The van der Waals surface area contributed by atoms with Gasteiger partial charge in [0.25, 0.3) is 0 Å². The molecule has 0 amide bonds. The number of hydrogen-bond acceptors (Lipinski definition) is 2. The molecule has 2 rings (SSSR count). The van der Waals surface area contributed by atoms with E-state index >= 15 is 0 Å². The molecule has 0 heterocycles. The molecule has 1 fully saturated rings. The second-order valence-electron chi connectivity index (χ2n) is 4.81. The summed E-state index contributed by atoms with van der Waals surface area (Å²) < 4.78 is 6.01. The minimum Gasteiger partial charge on any atom is -0.490 e. The van der Waals surface area contributed by atoms with E-state index in [1.54, 1.807) is 0 Å². The first-order valence-corrected chi connectivity index (χ1v) is 6.80. The Morgan fingerprint density at radius 2 is 1.94 bits per heavy atom. The fourth-order valence-electron chi connectivity index (χ4n) is 2.52. The van der Waals surface area contributed by atoms with Crippen molar-refractivity contribution in [2.24, 2.45) is 0 Å². The van der Waals surface area contributed by atoms with E-state index in [1.165, 1.54) is 18.4 Å².